The number of imidazole rings is 1. The Morgan fingerprint density at radius 1 is 1.14 bits per heavy atom. The molecule has 0 bridgehead atoms. The van der Waals surface area contributed by atoms with Crippen molar-refractivity contribution in [2.75, 3.05) is 13.7 Å². The molecule has 0 spiro atoms. The summed E-state index contributed by atoms with van der Waals surface area (Å²) < 4.78 is 9.50. The lowest BCUT2D eigenvalue weighted by atomic mass is 9.97. The number of aliphatic carboxylic acids is 1. The number of hydrogen-bond acceptors (Lipinski definition) is 3. The molecule has 0 saturated heterocycles. The Labute approximate surface area is 205 Å². The van der Waals surface area contributed by atoms with Crippen molar-refractivity contribution >= 4 is 23.0 Å². The van der Waals surface area contributed by atoms with Crippen LogP contribution in [-0.4, -0.2) is 51.6 Å². The van der Waals surface area contributed by atoms with Crippen LogP contribution in [0.2, 0.25) is 0 Å². The maximum atomic E-state index is 13.4. The maximum absolute atomic E-state index is 13.4. The van der Waals surface area contributed by atoms with Gasteiger partial charge in [0.1, 0.15) is 11.9 Å². The minimum Gasteiger partial charge on any atom is -0.480 e. The molecule has 1 atom stereocenters. The molecule has 0 fully saturated rings. The monoisotopic (exact) mass is 477 g/mol. The molecule has 0 aliphatic carbocycles. The molecule has 0 saturated carbocycles. The first-order valence-electron chi connectivity index (χ1n) is 11.3. The van der Waals surface area contributed by atoms with Crippen LogP contribution >= 0.6 is 0 Å². The van der Waals surface area contributed by atoms with Gasteiger partial charge in [-0.15, -0.1) is 6.58 Å². The molecule has 2 aromatic carbocycles. The zero-order valence-corrected chi connectivity index (χ0v) is 20.4. The van der Waals surface area contributed by atoms with Gasteiger partial charge >= 0.3 is 5.97 Å². The van der Waals surface area contributed by atoms with Gasteiger partial charge in [-0.25, -0.2) is 9.78 Å². The van der Waals surface area contributed by atoms with Crippen molar-refractivity contribution in [3.63, 3.8) is 0 Å². The summed E-state index contributed by atoms with van der Waals surface area (Å²) in [6, 6.07) is 18.0. The van der Waals surface area contributed by atoms with Gasteiger partial charge < -0.3 is 15.0 Å². The number of carboxylic acids is 1. The Morgan fingerprint density at radius 3 is 2.14 bits per heavy atom. The van der Waals surface area contributed by atoms with Gasteiger partial charge in [0.15, 0.2) is 0 Å². The van der Waals surface area contributed by atoms with Crippen LogP contribution < -0.4 is 0 Å². The van der Waals surface area contributed by atoms with Crippen LogP contribution in [0.1, 0.15) is 36.0 Å². The Balaban J connectivity index is 0.000000655. The number of halogens is 1. The minimum absolute atomic E-state index is 0.124. The van der Waals surface area contributed by atoms with Crippen molar-refractivity contribution in [1.82, 2.24) is 14.9 Å². The topological polar surface area (TPSA) is 86.3 Å². The number of alkyl halides is 1. The van der Waals surface area contributed by atoms with E-state index in [-0.39, 0.29) is 18.9 Å². The van der Waals surface area contributed by atoms with E-state index in [9.17, 15) is 19.1 Å². The average Bonchev–Trinajstić information content (AvgIpc) is 3.47. The number of nitrogens with zero attached hydrogens (tertiary/aromatic N) is 2. The van der Waals surface area contributed by atoms with Gasteiger partial charge in [0, 0.05) is 24.9 Å². The summed E-state index contributed by atoms with van der Waals surface area (Å²) in [7, 11) is 0.500. The first-order chi connectivity index (χ1) is 17.0. The van der Waals surface area contributed by atoms with Crippen molar-refractivity contribution in [2.24, 2.45) is 0 Å². The van der Waals surface area contributed by atoms with E-state index in [0.29, 0.717) is 18.6 Å². The molecule has 3 aromatic rings. The quantitative estimate of drug-likeness (QED) is 0.450. The molecule has 6 nitrogen and oxygen atoms in total. The molecule has 4 rings (SSSR count). The Kier molecular flexibility index (Phi) is 10.6. The standard InChI is InChI=1S/C23H21N3O3.C4H8.CH3F/c1-15-13-24-20(25-15)12-19(23(28)29)26-14-18(16-8-4-2-5-9-16)21(22(26)27)17-10-6-3-7-11-17;1-3-4-2;1-2/h2-11,13,19H,12,14H2,1H3,(H,24,25)(H,28,29);3H,1,4H2,2H3;1H3. The van der Waals surface area contributed by atoms with Crippen molar-refractivity contribution in [3.8, 4) is 0 Å². The summed E-state index contributed by atoms with van der Waals surface area (Å²) in [4.78, 5) is 34.2. The van der Waals surface area contributed by atoms with E-state index in [0.717, 1.165) is 28.8 Å². The van der Waals surface area contributed by atoms with E-state index < -0.39 is 12.0 Å². The number of carbonyl (C=O) groups is 2. The van der Waals surface area contributed by atoms with Crippen LogP contribution in [-0.2, 0) is 16.0 Å². The number of hydrogen-bond donors (Lipinski definition) is 2. The summed E-state index contributed by atoms with van der Waals surface area (Å²) in [6.45, 7) is 7.64. The van der Waals surface area contributed by atoms with Gasteiger partial charge in [-0.3, -0.25) is 9.18 Å². The fraction of sp³-hybridized carbons (Fsp3) is 0.250. The maximum Gasteiger partial charge on any atom is 0.326 e. The van der Waals surface area contributed by atoms with Gasteiger partial charge in [0.05, 0.1) is 12.8 Å². The van der Waals surface area contributed by atoms with E-state index in [1.807, 2.05) is 73.7 Å². The Bertz CT molecular complexity index is 1140. The molecule has 2 N–H and O–H groups in total. The lowest BCUT2D eigenvalue weighted by molar-refractivity contribution is -0.147. The van der Waals surface area contributed by atoms with Crippen LogP contribution in [0.5, 0.6) is 0 Å². The summed E-state index contributed by atoms with van der Waals surface area (Å²) in [6.07, 6.45) is 4.74. The SMILES string of the molecule is C=CCC.CF.Cc1cnc(CC(C(=O)O)N2CC(c3ccccc3)=C(c3ccccc3)C2=O)[nH]1. The van der Waals surface area contributed by atoms with Gasteiger partial charge in [-0.2, -0.15) is 0 Å². The van der Waals surface area contributed by atoms with Crippen LogP contribution in [0.4, 0.5) is 4.39 Å². The van der Waals surface area contributed by atoms with Crippen LogP contribution in [0.25, 0.3) is 11.1 Å². The predicted octanol–water partition coefficient (Wildman–Crippen LogP) is 5.34. The first-order valence-corrected chi connectivity index (χ1v) is 11.3. The molecule has 2 heterocycles. The number of rotatable bonds is 7. The molecule has 1 aromatic heterocycles. The number of H-pyrrole nitrogens is 1. The zero-order valence-electron chi connectivity index (χ0n) is 20.4. The number of aromatic nitrogens is 2. The van der Waals surface area contributed by atoms with Crippen molar-refractivity contribution in [1.29, 1.82) is 0 Å². The number of benzene rings is 2. The van der Waals surface area contributed by atoms with E-state index in [1.165, 1.54) is 4.90 Å². The van der Waals surface area contributed by atoms with E-state index in [4.69, 9.17) is 0 Å². The second-order valence-electron chi connectivity index (χ2n) is 7.79. The third kappa shape index (κ3) is 6.99. The van der Waals surface area contributed by atoms with E-state index in [1.54, 1.807) is 6.20 Å². The van der Waals surface area contributed by atoms with E-state index in [2.05, 4.69) is 23.5 Å². The lowest BCUT2D eigenvalue weighted by Crippen LogP contribution is -2.44. The molecule has 0 radical (unpaired) electrons. The highest BCUT2D eigenvalue weighted by molar-refractivity contribution is 6.30. The zero-order chi connectivity index (χ0) is 25.8. The van der Waals surface area contributed by atoms with Gasteiger partial charge in [-0.05, 0) is 30.0 Å². The summed E-state index contributed by atoms with van der Waals surface area (Å²) in [5.41, 5.74) is 3.95. The number of nitrogens with one attached hydrogen (secondary N) is 1. The molecule has 1 aliphatic heterocycles. The molecule has 1 aliphatic rings. The third-order valence-corrected chi connectivity index (χ3v) is 5.38. The highest BCUT2D eigenvalue weighted by atomic mass is 19.1. The van der Waals surface area contributed by atoms with Gasteiger partial charge in [0.2, 0.25) is 0 Å². The first kappa shape index (κ1) is 27.2. The van der Waals surface area contributed by atoms with Gasteiger partial charge in [0.25, 0.3) is 5.91 Å². The summed E-state index contributed by atoms with van der Waals surface area (Å²) in [5, 5.41) is 9.88. The Morgan fingerprint density at radius 2 is 1.69 bits per heavy atom. The smallest absolute Gasteiger partial charge is 0.326 e. The highest BCUT2D eigenvalue weighted by Gasteiger charge is 2.39. The molecule has 1 amide bonds. The second-order valence-corrected chi connectivity index (χ2v) is 7.79. The number of aryl methyl sites for hydroxylation is 1. The number of carbonyl (C=O) groups excluding carboxylic acids is 1. The molecular weight excluding hydrogens is 445 g/mol. The molecule has 184 valence electrons. The summed E-state index contributed by atoms with van der Waals surface area (Å²) >= 11 is 0. The average molecular weight is 478 g/mol. The molecular formula is C28H32FN3O3. The van der Waals surface area contributed by atoms with Crippen molar-refractivity contribution < 1.29 is 19.1 Å². The van der Waals surface area contributed by atoms with E-state index >= 15 is 0 Å². The molecule has 7 heteroatoms. The fourth-order valence-electron chi connectivity index (χ4n) is 3.71. The number of amides is 1. The largest absolute Gasteiger partial charge is 0.480 e. The number of aromatic amines is 1. The fourth-order valence-corrected chi connectivity index (χ4v) is 3.71. The molecule has 35 heavy (non-hydrogen) atoms. The lowest BCUT2D eigenvalue weighted by Gasteiger charge is -2.24. The second kappa shape index (κ2) is 13.6. The van der Waals surface area contributed by atoms with Crippen molar-refractivity contribution in [3.05, 3.63) is 102 Å². The molecule has 1 unspecified atom stereocenters. The predicted molar refractivity (Wildman–Crippen MR) is 137 cm³/mol. The number of allylic oxidation sites excluding steroid dienone is 1. The van der Waals surface area contributed by atoms with Crippen LogP contribution in [0.3, 0.4) is 0 Å². The third-order valence-electron chi connectivity index (χ3n) is 5.38. The summed E-state index contributed by atoms with van der Waals surface area (Å²) in [5.74, 6) is -0.767. The van der Waals surface area contributed by atoms with Crippen LogP contribution in [0, 0.1) is 6.92 Å². The van der Waals surface area contributed by atoms with Crippen LogP contribution in [0.15, 0.2) is 79.5 Å². The van der Waals surface area contributed by atoms with Crippen molar-refractivity contribution in [2.45, 2.75) is 32.7 Å². The normalized spacial score (nSPS) is 13.4. The number of carboxylic acid groups (broad SMARTS) is 1. The Hall–Kier alpha value is -4.00. The minimum atomic E-state index is -1.05. The van der Waals surface area contributed by atoms with Gasteiger partial charge in [-0.1, -0.05) is 73.7 Å². The highest BCUT2D eigenvalue weighted by Crippen LogP contribution is 2.35.